The number of halogens is 1. The molecule has 0 aromatic carbocycles. The summed E-state index contributed by atoms with van der Waals surface area (Å²) in [6.45, 7) is 5.55. The molecule has 1 N–H and O–H groups in total. The van der Waals surface area contributed by atoms with E-state index in [1.165, 1.54) is 18.5 Å². The Morgan fingerprint density at radius 1 is 1.52 bits per heavy atom. The normalized spacial score (nSPS) is 16.5. The lowest BCUT2D eigenvalue weighted by Gasteiger charge is -2.23. The maximum absolute atomic E-state index is 5.23. The third-order valence-corrected chi connectivity index (χ3v) is 4.96. The molecule has 1 aromatic rings. The number of methoxy groups -OCH3 is 1. The smallest absolute Gasteiger partial charge is 0.194 e. The molecular formula is C17H29BrN4O. The molecule has 1 aliphatic carbocycles. The van der Waals surface area contributed by atoms with Gasteiger partial charge in [-0.15, -0.1) is 0 Å². The van der Waals surface area contributed by atoms with Gasteiger partial charge in [0.15, 0.2) is 5.96 Å². The second-order valence-electron chi connectivity index (χ2n) is 6.53. The molecule has 0 atom stereocenters. The molecule has 0 amide bonds. The van der Waals surface area contributed by atoms with Gasteiger partial charge in [0.2, 0.25) is 0 Å². The molecule has 1 heterocycles. The fourth-order valence-electron chi connectivity index (χ4n) is 2.74. The van der Waals surface area contributed by atoms with Crippen LogP contribution in [0.5, 0.6) is 0 Å². The monoisotopic (exact) mass is 384 g/mol. The van der Waals surface area contributed by atoms with Crippen molar-refractivity contribution < 1.29 is 4.74 Å². The summed E-state index contributed by atoms with van der Waals surface area (Å²) >= 11 is 3.53. The van der Waals surface area contributed by atoms with Gasteiger partial charge in [-0.05, 0) is 53.6 Å². The second-order valence-corrected chi connectivity index (χ2v) is 7.45. The number of rotatable bonds is 8. The van der Waals surface area contributed by atoms with Crippen LogP contribution in [0, 0.1) is 5.41 Å². The summed E-state index contributed by atoms with van der Waals surface area (Å²) in [4.78, 5) is 7.08. The fraction of sp³-hybridized carbons (Fsp3) is 0.706. The number of guanidine groups is 1. The fourth-order valence-corrected chi connectivity index (χ4v) is 3.31. The van der Waals surface area contributed by atoms with Crippen molar-refractivity contribution in [2.45, 2.75) is 32.7 Å². The summed E-state index contributed by atoms with van der Waals surface area (Å²) in [5.74, 6) is 0.980. The molecule has 0 saturated heterocycles. The molecule has 6 heteroatoms. The van der Waals surface area contributed by atoms with E-state index in [1.54, 1.807) is 7.11 Å². The largest absolute Gasteiger partial charge is 0.385 e. The van der Waals surface area contributed by atoms with Gasteiger partial charge in [-0.3, -0.25) is 4.99 Å². The summed E-state index contributed by atoms with van der Waals surface area (Å²) in [5, 5.41) is 3.41. The van der Waals surface area contributed by atoms with E-state index in [-0.39, 0.29) is 0 Å². The number of hydrogen-bond acceptors (Lipinski definition) is 2. The molecule has 1 saturated carbocycles. The Labute approximate surface area is 148 Å². The van der Waals surface area contributed by atoms with Gasteiger partial charge in [-0.25, -0.2) is 0 Å². The van der Waals surface area contributed by atoms with E-state index in [1.807, 2.05) is 0 Å². The van der Waals surface area contributed by atoms with Crippen molar-refractivity contribution in [1.82, 2.24) is 14.8 Å². The number of aryl methyl sites for hydroxylation is 1. The zero-order valence-electron chi connectivity index (χ0n) is 14.7. The molecule has 5 nitrogen and oxygen atoms in total. The summed E-state index contributed by atoms with van der Waals surface area (Å²) < 4.78 is 8.49. The molecule has 1 fully saturated rings. The van der Waals surface area contributed by atoms with Crippen LogP contribution in [-0.4, -0.2) is 49.3 Å². The van der Waals surface area contributed by atoms with Crippen LogP contribution in [0.15, 0.2) is 21.7 Å². The van der Waals surface area contributed by atoms with Crippen LogP contribution in [0.1, 0.15) is 31.9 Å². The van der Waals surface area contributed by atoms with E-state index in [9.17, 15) is 0 Å². The topological polar surface area (TPSA) is 41.8 Å². The third kappa shape index (κ3) is 5.24. The zero-order valence-corrected chi connectivity index (χ0v) is 16.3. The molecule has 2 rings (SSSR count). The Morgan fingerprint density at radius 3 is 2.78 bits per heavy atom. The standard InChI is InChI=1S/C17H29BrN4O/c1-5-19-16(20-13-17(6-7-17)8-9-23-4)22(3)12-15-10-14(18)11-21(15)2/h10-11H,5-9,12-13H2,1-4H3,(H,19,20). The van der Waals surface area contributed by atoms with Crippen LogP contribution in [0.4, 0.5) is 0 Å². The molecular weight excluding hydrogens is 356 g/mol. The van der Waals surface area contributed by atoms with E-state index >= 15 is 0 Å². The van der Waals surface area contributed by atoms with Crippen molar-refractivity contribution in [2.75, 3.05) is 33.9 Å². The lowest BCUT2D eigenvalue weighted by atomic mass is 10.0. The second kappa shape index (κ2) is 8.20. The van der Waals surface area contributed by atoms with Gasteiger partial charge < -0.3 is 19.5 Å². The number of ether oxygens (including phenoxy) is 1. The highest BCUT2D eigenvalue weighted by molar-refractivity contribution is 9.10. The van der Waals surface area contributed by atoms with Crippen LogP contribution in [-0.2, 0) is 18.3 Å². The molecule has 0 bridgehead atoms. The molecule has 130 valence electrons. The van der Waals surface area contributed by atoms with E-state index in [4.69, 9.17) is 9.73 Å². The Kier molecular flexibility index (Phi) is 6.53. The highest BCUT2D eigenvalue weighted by atomic mass is 79.9. The van der Waals surface area contributed by atoms with Crippen LogP contribution < -0.4 is 5.32 Å². The van der Waals surface area contributed by atoms with Gasteiger partial charge in [0, 0.05) is 57.3 Å². The van der Waals surface area contributed by atoms with Gasteiger partial charge >= 0.3 is 0 Å². The summed E-state index contributed by atoms with van der Waals surface area (Å²) in [5.41, 5.74) is 1.64. The van der Waals surface area contributed by atoms with Gasteiger partial charge in [0.1, 0.15) is 0 Å². The minimum absolute atomic E-state index is 0.380. The molecule has 0 aliphatic heterocycles. The summed E-state index contributed by atoms with van der Waals surface area (Å²) in [6, 6.07) is 2.15. The Morgan fingerprint density at radius 2 is 2.26 bits per heavy atom. The van der Waals surface area contributed by atoms with Crippen molar-refractivity contribution in [2.24, 2.45) is 17.5 Å². The van der Waals surface area contributed by atoms with Crippen molar-refractivity contribution in [3.05, 3.63) is 22.4 Å². The van der Waals surface area contributed by atoms with E-state index in [0.717, 1.165) is 43.1 Å². The van der Waals surface area contributed by atoms with Gasteiger partial charge in [0.05, 0.1) is 6.54 Å². The number of aromatic nitrogens is 1. The van der Waals surface area contributed by atoms with E-state index in [2.05, 4.69) is 64.0 Å². The minimum atomic E-state index is 0.380. The van der Waals surface area contributed by atoms with E-state index in [0.29, 0.717) is 5.41 Å². The highest BCUT2D eigenvalue weighted by Crippen LogP contribution is 2.49. The molecule has 1 aromatic heterocycles. The maximum Gasteiger partial charge on any atom is 0.194 e. The van der Waals surface area contributed by atoms with Crippen LogP contribution in [0.2, 0.25) is 0 Å². The maximum atomic E-state index is 5.23. The summed E-state index contributed by atoms with van der Waals surface area (Å²) in [6.07, 6.45) is 5.74. The number of nitrogens with zero attached hydrogens (tertiary/aromatic N) is 3. The molecule has 0 unspecified atom stereocenters. The van der Waals surface area contributed by atoms with Crippen LogP contribution >= 0.6 is 15.9 Å². The predicted molar refractivity (Wildman–Crippen MR) is 98.7 cm³/mol. The van der Waals surface area contributed by atoms with Crippen molar-refractivity contribution in [3.63, 3.8) is 0 Å². The molecule has 23 heavy (non-hydrogen) atoms. The van der Waals surface area contributed by atoms with Crippen molar-refractivity contribution in [1.29, 1.82) is 0 Å². The van der Waals surface area contributed by atoms with Gasteiger partial charge in [-0.2, -0.15) is 0 Å². The molecule has 0 radical (unpaired) electrons. The first kappa shape index (κ1) is 18.3. The zero-order chi connectivity index (χ0) is 16.9. The Balaban J connectivity index is 1.99. The highest BCUT2D eigenvalue weighted by Gasteiger charge is 2.41. The van der Waals surface area contributed by atoms with Crippen molar-refractivity contribution in [3.8, 4) is 0 Å². The first-order valence-corrected chi connectivity index (χ1v) is 9.08. The molecule has 0 spiro atoms. The van der Waals surface area contributed by atoms with E-state index < -0.39 is 0 Å². The Bertz CT molecular complexity index is 537. The van der Waals surface area contributed by atoms with Gasteiger partial charge in [-0.1, -0.05) is 0 Å². The SMILES string of the molecule is CCNC(=NCC1(CCOC)CC1)N(C)Cc1cc(Br)cn1C. The lowest BCUT2D eigenvalue weighted by molar-refractivity contribution is 0.174. The average Bonchev–Trinajstić information content (AvgIpc) is 3.21. The number of nitrogens with one attached hydrogen (secondary N) is 1. The minimum Gasteiger partial charge on any atom is -0.385 e. The first-order chi connectivity index (χ1) is 11.0. The third-order valence-electron chi connectivity index (χ3n) is 4.53. The number of aliphatic imine (C=N–C) groups is 1. The summed E-state index contributed by atoms with van der Waals surface area (Å²) in [7, 11) is 5.94. The quantitative estimate of drug-likeness (QED) is 0.553. The van der Waals surface area contributed by atoms with Crippen LogP contribution in [0.25, 0.3) is 0 Å². The van der Waals surface area contributed by atoms with Crippen LogP contribution in [0.3, 0.4) is 0 Å². The molecule has 1 aliphatic rings. The predicted octanol–water partition coefficient (Wildman–Crippen LogP) is 3.00. The Hall–Kier alpha value is -1.01. The number of hydrogen-bond donors (Lipinski definition) is 1. The first-order valence-electron chi connectivity index (χ1n) is 8.29. The van der Waals surface area contributed by atoms with Crippen molar-refractivity contribution >= 4 is 21.9 Å². The lowest BCUT2D eigenvalue weighted by Crippen LogP contribution is -2.39. The van der Waals surface area contributed by atoms with Gasteiger partial charge in [0.25, 0.3) is 0 Å². The average molecular weight is 385 g/mol.